The third-order valence-electron chi connectivity index (χ3n) is 3.70. The van der Waals surface area contributed by atoms with Gasteiger partial charge in [0.15, 0.2) is 0 Å². The minimum absolute atomic E-state index is 0. The standard InChI is InChI=1S/C16H24N2O.ClH/c1-12(17)8-9-18-16(19)11-13-6-7-14-4-2-3-5-15(14)10-13;/h6-7,10,12H,2-5,8-9,11,17H2,1H3,(H,18,19);1H. The summed E-state index contributed by atoms with van der Waals surface area (Å²) >= 11 is 0. The molecule has 3 nitrogen and oxygen atoms in total. The van der Waals surface area contributed by atoms with Gasteiger partial charge in [-0.25, -0.2) is 0 Å². The smallest absolute Gasteiger partial charge is 0.224 e. The number of fused-ring (bicyclic) bond motifs is 1. The van der Waals surface area contributed by atoms with E-state index in [0.29, 0.717) is 13.0 Å². The second-order valence-corrected chi connectivity index (χ2v) is 5.60. The number of carbonyl (C=O) groups excluding carboxylic acids is 1. The van der Waals surface area contributed by atoms with E-state index >= 15 is 0 Å². The molecule has 20 heavy (non-hydrogen) atoms. The number of carbonyl (C=O) groups is 1. The molecule has 0 saturated heterocycles. The Morgan fingerprint density at radius 2 is 2.00 bits per heavy atom. The number of halogens is 1. The minimum atomic E-state index is 0. The van der Waals surface area contributed by atoms with Gasteiger partial charge in [0.25, 0.3) is 0 Å². The van der Waals surface area contributed by atoms with Crippen molar-refractivity contribution in [1.29, 1.82) is 0 Å². The van der Waals surface area contributed by atoms with Gasteiger partial charge in [0, 0.05) is 12.6 Å². The molecule has 0 aromatic heterocycles. The van der Waals surface area contributed by atoms with E-state index in [4.69, 9.17) is 5.73 Å². The monoisotopic (exact) mass is 296 g/mol. The molecular formula is C16H25ClN2O. The molecule has 0 saturated carbocycles. The molecule has 0 bridgehead atoms. The fourth-order valence-electron chi connectivity index (χ4n) is 2.58. The molecule has 0 heterocycles. The van der Waals surface area contributed by atoms with E-state index in [9.17, 15) is 4.79 Å². The maximum absolute atomic E-state index is 11.8. The summed E-state index contributed by atoms with van der Waals surface area (Å²) in [4.78, 5) is 11.8. The van der Waals surface area contributed by atoms with Gasteiger partial charge in [0.05, 0.1) is 6.42 Å². The van der Waals surface area contributed by atoms with Gasteiger partial charge in [0.2, 0.25) is 5.91 Å². The Morgan fingerprint density at radius 1 is 1.30 bits per heavy atom. The second kappa shape index (κ2) is 8.28. The van der Waals surface area contributed by atoms with Crippen LogP contribution in [0.25, 0.3) is 0 Å². The topological polar surface area (TPSA) is 55.1 Å². The Hall–Kier alpha value is -1.06. The fourth-order valence-corrected chi connectivity index (χ4v) is 2.58. The molecule has 1 aliphatic carbocycles. The van der Waals surface area contributed by atoms with Crippen LogP contribution in [0.4, 0.5) is 0 Å². The Balaban J connectivity index is 0.00000200. The van der Waals surface area contributed by atoms with Crippen molar-refractivity contribution >= 4 is 18.3 Å². The zero-order valence-corrected chi connectivity index (χ0v) is 13.0. The molecule has 3 N–H and O–H groups in total. The van der Waals surface area contributed by atoms with Crippen LogP contribution in [0, 0.1) is 0 Å². The van der Waals surface area contributed by atoms with Crippen LogP contribution >= 0.6 is 12.4 Å². The van der Waals surface area contributed by atoms with Crippen LogP contribution in [-0.4, -0.2) is 18.5 Å². The van der Waals surface area contributed by atoms with Crippen LogP contribution < -0.4 is 11.1 Å². The van der Waals surface area contributed by atoms with E-state index in [1.165, 1.54) is 30.4 Å². The third kappa shape index (κ3) is 5.14. The van der Waals surface area contributed by atoms with Gasteiger partial charge >= 0.3 is 0 Å². The van der Waals surface area contributed by atoms with Crippen LogP contribution in [0.1, 0.15) is 42.9 Å². The molecule has 4 heteroatoms. The Morgan fingerprint density at radius 3 is 2.70 bits per heavy atom. The van der Waals surface area contributed by atoms with E-state index in [0.717, 1.165) is 18.4 Å². The summed E-state index contributed by atoms with van der Waals surface area (Å²) in [5, 5.41) is 2.92. The summed E-state index contributed by atoms with van der Waals surface area (Å²) in [5.74, 6) is 0.0939. The van der Waals surface area contributed by atoms with Crippen molar-refractivity contribution in [3.05, 3.63) is 34.9 Å². The van der Waals surface area contributed by atoms with Crippen molar-refractivity contribution in [3.63, 3.8) is 0 Å². The normalized spacial score (nSPS) is 14.9. The SMILES string of the molecule is CC(N)CCNC(=O)Cc1ccc2c(c1)CCCC2.Cl. The number of nitrogens with two attached hydrogens (primary N) is 1. The van der Waals surface area contributed by atoms with Gasteiger partial charge in [0.1, 0.15) is 0 Å². The third-order valence-corrected chi connectivity index (χ3v) is 3.70. The quantitative estimate of drug-likeness (QED) is 0.876. The first-order valence-corrected chi connectivity index (χ1v) is 7.28. The van der Waals surface area contributed by atoms with Crippen molar-refractivity contribution in [1.82, 2.24) is 5.32 Å². The zero-order valence-electron chi connectivity index (χ0n) is 12.2. The molecule has 1 amide bonds. The lowest BCUT2D eigenvalue weighted by Crippen LogP contribution is -2.30. The summed E-state index contributed by atoms with van der Waals surface area (Å²) in [5.41, 5.74) is 9.68. The van der Waals surface area contributed by atoms with Crippen molar-refractivity contribution in [2.75, 3.05) is 6.54 Å². The number of nitrogens with one attached hydrogen (secondary N) is 1. The van der Waals surface area contributed by atoms with E-state index in [1.807, 2.05) is 6.92 Å². The first kappa shape index (κ1) is 17.0. The lowest BCUT2D eigenvalue weighted by molar-refractivity contribution is -0.120. The Kier molecular flexibility index (Phi) is 7.03. The average Bonchev–Trinajstić information content (AvgIpc) is 2.38. The highest BCUT2D eigenvalue weighted by atomic mass is 35.5. The van der Waals surface area contributed by atoms with E-state index in [-0.39, 0.29) is 24.4 Å². The zero-order chi connectivity index (χ0) is 13.7. The lowest BCUT2D eigenvalue weighted by Gasteiger charge is -2.16. The van der Waals surface area contributed by atoms with Crippen LogP contribution in [0.15, 0.2) is 18.2 Å². The molecule has 1 aliphatic rings. The second-order valence-electron chi connectivity index (χ2n) is 5.60. The van der Waals surface area contributed by atoms with Gasteiger partial charge in [-0.3, -0.25) is 4.79 Å². The van der Waals surface area contributed by atoms with E-state index in [2.05, 4.69) is 23.5 Å². The highest BCUT2D eigenvalue weighted by Gasteiger charge is 2.11. The van der Waals surface area contributed by atoms with Gasteiger partial charge < -0.3 is 11.1 Å². The lowest BCUT2D eigenvalue weighted by atomic mass is 9.90. The predicted molar refractivity (Wildman–Crippen MR) is 85.3 cm³/mol. The van der Waals surface area contributed by atoms with Gasteiger partial charge in [-0.2, -0.15) is 0 Å². The summed E-state index contributed by atoms with van der Waals surface area (Å²) < 4.78 is 0. The Labute approximate surface area is 127 Å². The molecule has 0 spiro atoms. The van der Waals surface area contributed by atoms with Crippen molar-refractivity contribution < 1.29 is 4.79 Å². The van der Waals surface area contributed by atoms with Crippen molar-refractivity contribution in [3.8, 4) is 0 Å². The molecule has 1 atom stereocenters. The summed E-state index contributed by atoms with van der Waals surface area (Å²) in [7, 11) is 0. The van der Waals surface area contributed by atoms with Crippen molar-refractivity contribution in [2.24, 2.45) is 5.73 Å². The summed E-state index contributed by atoms with van der Waals surface area (Å²) in [6, 6.07) is 6.64. The molecule has 1 unspecified atom stereocenters. The highest BCUT2D eigenvalue weighted by Crippen LogP contribution is 2.22. The molecule has 1 aromatic carbocycles. The maximum atomic E-state index is 11.8. The molecule has 1 aromatic rings. The number of hydrogen-bond acceptors (Lipinski definition) is 2. The van der Waals surface area contributed by atoms with Crippen LogP contribution in [0.5, 0.6) is 0 Å². The number of rotatable bonds is 5. The van der Waals surface area contributed by atoms with E-state index in [1.54, 1.807) is 0 Å². The van der Waals surface area contributed by atoms with Crippen molar-refractivity contribution in [2.45, 2.75) is 51.5 Å². The van der Waals surface area contributed by atoms with Crippen LogP contribution in [-0.2, 0) is 24.1 Å². The number of benzene rings is 1. The number of amides is 1. The molecule has 112 valence electrons. The van der Waals surface area contributed by atoms with Gasteiger partial charge in [-0.05, 0) is 55.7 Å². The maximum Gasteiger partial charge on any atom is 0.224 e. The number of aryl methyl sites for hydroxylation is 2. The number of hydrogen-bond donors (Lipinski definition) is 2. The van der Waals surface area contributed by atoms with Gasteiger partial charge in [-0.15, -0.1) is 12.4 Å². The fraction of sp³-hybridized carbons (Fsp3) is 0.562. The molecule has 0 radical (unpaired) electrons. The van der Waals surface area contributed by atoms with E-state index < -0.39 is 0 Å². The highest BCUT2D eigenvalue weighted by molar-refractivity contribution is 5.85. The molecule has 2 rings (SSSR count). The molecule has 0 aliphatic heterocycles. The van der Waals surface area contributed by atoms with Crippen LogP contribution in [0.2, 0.25) is 0 Å². The Bertz CT molecular complexity index is 446. The molecule has 0 fully saturated rings. The summed E-state index contributed by atoms with van der Waals surface area (Å²) in [6.07, 6.45) is 6.23. The molecular weight excluding hydrogens is 272 g/mol. The average molecular weight is 297 g/mol. The largest absolute Gasteiger partial charge is 0.356 e. The first-order chi connectivity index (χ1) is 9.15. The minimum Gasteiger partial charge on any atom is -0.356 e. The first-order valence-electron chi connectivity index (χ1n) is 7.28. The summed E-state index contributed by atoms with van der Waals surface area (Å²) in [6.45, 7) is 2.62. The predicted octanol–water partition coefficient (Wildman–Crippen LogP) is 2.38. The van der Waals surface area contributed by atoms with Gasteiger partial charge in [-0.1, -0.05) is 18.2 Å². The van der Waals surface area contributed by atoms with Crippen LogP contribution in [0.3, 0.4) is 0 Å².